The van der Waals surface area contributed by atoms with E-state index in [1.807, 2.05) is 24.3 Å². The third-order valence-corrected chi connectivity index (χ3v) is 6.71. The normalized spacial score (nSPS) is 22.3. The van der Waals surface area contributed by atoms with E-state index in [0.717, 1.165) is 42.4 Å². The molecule has 176 valence electrons. The second kappa shape index (κ2) is 9.39. The number of ether oxygens (including phenoxy) is 2. The summed E-state index contributed by atoms with van der Waals surface area (Å²) in [5, 5.41) is 19.6. The Labute approximate surface area is 199 Å². The van der Waals surface area contributed by atoms with E-state index in [-0.39, 0.29) is 17.3 Å². The molecule has 1 fully saturated rings. The van der Waals surface area contributed by atoms with Crippen molar-refractivity contribution in [1.82, 2.24) is 4.90 Å². The van der Waals surface area contributed by atoms with E-state index in [4.69, 9.17) is 9.47 Å². The van der Waals surface area contributed by atoms with Crippen LogP contribution >= 0.6 is 0 Å². The maximum absolute atomic E-state index is 13.5. The topological polar surface area (TPSA) is 79.2 Å². The molecule has 0 aromatic heterocycles. The Morgan fingerprint density at radius 1 is 0.971 bits per heavy atom. The van der Waals surface area contributed by atoms with Crippen LogP contribution in [0.1, 0.15) is 46.9 Å². The van der Waals surface area contributed by atoms with E-state index in [1.165, 1.54) is 18.6 Å². The molecule has 3 aromatic carbocycles. The van der Waals surface area contributed by atoms with Crippen LogP contribution < -0.4 is 9.47 Å². The first-order valence-corrected chi connectivity index (χ1v) is 11.8. The van der Waals surface area contributed by atoms with Crippen LogP contribution in [-0.2, 0) is 0 Å². The summed E-state index contributed by atoms with van der Waals surface area (Å²) in [6.45, 7) is 6.09. The molecule has 6 nitrogen and oxygen atoms in total. The Hall–Kier alpha value is -3.51. The second-order valence-corrected chi connectivity index (χ2v) is 9.26. The molecule has 0 radical (unpaired) electrons. The molecule has 6 heteroatoms. The Bertz CT molecular complexity index is 1160. The van der Waals surface area contributed by atoms with Crippen molar-refractivity contribution in [2.24, 2.45) is 5.92 Å². The van der Waals surface area contributed by atoms with Crippen LogP contribution in [0.15, 0.2) is 66.7 Å². The van der Waals surface area contributed by atoms with Gasteiger partial charge in [0.25, 0.3) is 0 Å². The van der Waals surface area contributed by atoms with Crippen molar-refractivity contribution < 1.29 is 24.5 Å². The molecule has 0 bridgehead atoms. The number of fused-ring (bicyclic) bond motifs is 1. The summed E-state index contributed by atoms with van der Waals surface area (Å²) >= 11 is 0. The first-order valence-electron chi connectivity index (χ1n) is 11.8. The first kappa shape index (κ1) is 22.3. The standard InChI is InChI=1S/C28H29NO5/c1-18-12-13-29(17-18)14-15-33-23-9-4-20(5-10-23)28-26(19-2-6-21(30)7-3-19)27(32)24-11-8-22(31)16-25(24)34-28/h2-11,16,18,26,28,30-31H,12-15,17H2,1H3/t18-,26?,28?/m1/s1. The molecule has 0 saturated carbocycles. The van der Waals surface area contributed by atoms with Gasteiger partial charge in [0.05, 0.1) is 11.5 Å². The Morgan fingerprint density at radius 2 is 1.68 bits per heavy atom. The molecule has 5 rings (SSSR count). The molecule has 34 heavy (non-hydrogen) atoms. The number of ketones is 1. The van der Waals surface area contributed by atoms with Crippen LogP contribution in [0, 0.1) is 5.92 Å². The van der Waals surface area contributed by atoms with Gasteiger partial charge in [-0.3, -0.25) is 9.69 Å². The van der Waals surface area contributed by atoms with Crippen LogP contribution in [0.25, 0.3) is 0 Å². The molecule has 2 aliphatic rings. The van der Waals surface area contributed by atoms with Crippen molar-refractivity contribution in [3.05, 3.63) is 83.4 Å². The number of nitrogens with zero attached hydrogens (tertiary/aromatic N) is 1. The predicted octanol–water partition coefficient (Wildman–Crippen LogP) is 4.92. The molecule has 3 atom stereocenters. The average molecular weight is 460 g/mol. The van der Waals surface area contributed by atoms with E-state index < -0.39 is 12.0 Å². The average Bonchev–Trinajstić information content (AvgIpc) is 3.25. The van der Waals surface area contributed by atoms with E-state index in [1.54, 1.807) is 30.3 Å². The van der Waals surface area contributed by atoms with E-state index >= 15 is 0 Å². The number of benzene rings is 3. The van der Waals surface area contributed by atoms with Crippen molar-refractivity contribution in [2.45, 2.75) is 25.4 Å². The van der Waals surface area contributed by atoms with Gasteiger partial charge >= 0.3 is 0 Å². The Morgan fingerprint density at radius 3 is 2.38 bits per heavy atom. The van der Waals surface area contributed by atoms with Gasteiger partial charge in [0.15, 0.2) is 5.78 Å². The molecule has 3 aromatic rings. The van der Waals surface area contributed by atoms with Gasteiger partial charge in [0.2, 0.25) is 0 Å². The molecule has 2 unspecified atom stereocenters. The minimum Gasteiger partial charge on any atom is -0.508 e. The van der Waals surface area contributed by atoms with Crippen molar-refractivity contribution in [1.29, 1.82) is 0 Å². The van der Waals surface area contributed by atoms with Crippen LogP contribution in [-0.4, -0.2) is 47.1 Å². The number of phenolic OH excluding ortho intramolecular Hbond substituents is 2. The van der Waals surface area contributed by atoms with E-state index in [9.17, 15) is 15.0 Å². The highest BCUT2D eigenvalue weighted by molar-refractivity contribution is 6.04. The number of hydrogen-bond acceptors (Lipinski definition) is 6. The molecular weight excluding hydrogens is 430 g/mol. The van der Waals surface area contributed by atoms with Gasteiger partial charge in [-0.15, -0.1) is 0 Å². The summed E-state index contributed by atoms with van der Waals surface area (Å²) in [4.78, 5) is 15.9. The molecule has 2 aliphatic heterocycles. The zero-order valence-corrected chi connectivity index (χ0v) is 19.2. The molecule has 1 saturated heterocycles. The lowest BCUT2D eigenvalue weighted by atomic mass is 9.81. The number of rotatable bonds is 6. The summed E-state index contributed by atoms with van der Waals surface area (Å²) in [5.41, 5.74) is 2.02. The number of hydrogen-bond donors (Lipinski definition) is 2. The molecule has 2 N–H and O–H groups in total. The number of Topliss-reactive ketones (excluding diaryl/α,β-unsaturated/α-hetero) is 1. The van der Waals surface area contributed by atoms with Gasteiger partial charge < -0.3 is 19.7 Å². The SMILES string of the molecule is C[C@@H]1CCN(CCOc2ccc(C3Oc4cc(O)ccc4C(=O)C3c3ccc(O)cc3)cc2)C1. The fourth-order valence-electron chi connectivity index (χ4n) is 4.87. The maximum atomic E-state index is 13.5. The third kappa shape index (κ3) is 4.59. The molecule has 0 aliphatic carbocycles. The number of carbonyl (C=O) groups is 1. The van der Waals surface area contributed by atoms with Crippen LogP contribution in [0.5, 0.6) is 23.0 Å². The lowest BCUT2D eigenvalue weighted by Gasteiger charge is -2.33. The van der Waals surface area contributed by atoms with Gasteiger partial charge in [-0.2, -0.15) is 0 Å². The minimum atomic E-state index is -0.582. The minimum absolute atomic E-state index is 0.0459. The Balaban J connectivity index is 1.37. The van der Waals surface area contributed by atoms with Crippen molar-refractivity contribution in [3.8, 4) is 23.0 Å². The van der Waals surface area contributed by atoms with Crippen molar-refractivity contribution in [3.63, 3.8) is 0 Å². The summed E-state index contributed by atoms with van der Waals surface area (Å²) in [5.74, 6) is 1.41. The van der Waals surface area contributed by atoms with Gasteiger partial charge in [-0.25, -0.2) is 0 Å². The monoisotopic (exact) mass is 459 g/mol. The summed E-state index contributed by atoms with van der Waals surface area (Å²) in [7, 11) is 0. The zero-order valence-electron chi connectivity index (χ0n) is 19.2. The number of aromatic hydroxyl groups is 2. The highest BCUT2D eigenvalue weighted by Crippen LogP contribution is 2.45. The van der Waals surface area contributed by atoms with Gasteiger partial charge in [0, 0.05) is 19.2 Å². The Kier molecular flexibility index (Phi) is 6.16. The predicted molar refractivity (Wildman–Crippen MR) is 129 cm³/mol. The first-order chi connectivity index (χ1) is 16.5. The number of phenols is 2. The largest absolute Gasteiger partial charge is 0.508 e. The zero-order chi connectivity index (χ0) is 23.7. The smallest absolute Gasteiger partial charge is 0.178 e. The highest BCUT2D eigenvalue weighted by Gasteiger charge is 2.39. The summed E-state index contributed by atoms with van der Waals surface area (Å²) < 4.78 is 12.2. The fourth-order valence-corrected chi connectivity index (χ4v) is 4.87. The maximum Gasteiger partial charge on any atom is 0.178 e. The molecule has 2 heterocycles. The van der Waals surface area contributed by atoms with Gasteiger partial charge in [-0.05, 0) is 66.4 Å². The third-order valence-electron chi connectivity index (χ3n) is 6.71. The molecular formula is C28H29NO5. The lowest BCUT2D eigenvalue weighted by Crippen LogP contribution is -2.30. The van der Waals surface area contributed by atoms with E-state index in [0.29, 0.717) is 17.9 Å². The van der Waals surface area contributed by atoms with Gasteiger partial charge in [-0.1, -0.05) is 31.2 Å². The van der Waals surface area contributed by atoms with Crippen molar-refractivity contribution in [2.75, 3.05) is 26.2 Å². The summed E-state index contributed by atoms with van der Waals surface area (Å²) in [6, 6.07) is 18.9. The molecule has 0 spiro atoms. The number of likely N-dealkylation sites (tertiary alicyclic amines) is 1. The fraction of sp³-hybridized carbons (Fsp3) is 0.321. The summed E-state index contributed by atoms with van der Waals surface area (Å²) in [6.07, 6.45) is 0.671. The van der Waals surface area contributed by atoms with E-state index in [2.05, 4.69) is 11.8 Å². The lowest BCUT2D eigenvalue weighted by molar-refractivity contribution is 0.0781. The quantitative estimate of drug-likeness (QED) is 0.545. The van der Waals surface area contributed by atoms with Crippen LogP contribution in [0.3, 0.4) is 0 Å². The van der Waals surface area contributed by atoms with Crippen LogP contribution in [0.2, 0.25) is 0 Å². The highest BCUT2D eigenvalue weighted by atomic mass is 16.5. The van der Waals surface area contributed by atoms with Crippen molar-refractivity contribution >= 4 is 5.78 Å². The molecule has 0 amide bonds. The van der Waals surface area contributed by atoms with Crippen LogP contribution in [0.4, 0.5) is 0 Å². The number of carbonyl (C=O) groups excluding carboxylic acids is 1. The second-order valence-electron chi connectivity index (χ2n) is 9.26. The van der Waals surface area contributed by atoms with Gasteiger partial charge in [0.1, 0.15) is 35.7 Å².